The Labute approximate surface area is 147 Å². The summed E-state index contributed by atoms with van der Waals surface area (Å²) in [5, 5.41) is 15.1. The van der Waals surface area contributed by atoms with Gasteiger partial charge in [0, 0.05) is 10.6 Å². The highest BCUT2D eigenvalue weighted by molar-refractivity contribution is 6.30. The molecule has 0 radical (unpaired) electrons. The molecule has 0 unspecified atom stereocenters. The van der Waals surface area contributed by atoms with E-state index in [9.17, 15) is 14.9 Å². The van der Waals surface area contributed by atoms with Crippen LogP contribution in [0.15, 0.2) is 59.3 Å². The average molecular weight is 358 g/mol. The Bertz CT molecular complexity index is 941. The lowest BCUT2D eigenvalue weighted by Gasteiger charge is -1.96. The highest BCUT2D eigenvalue weighted by Crippen LogP contribution is 2.15. The SMILES string of the molecule is O=C(/C=C/c1ccc(Cn2cc([N+](=O)[O-])cn2)o1)c1ccc(Cl)cc1. The van der Waals surface area contributed by atoms with Crippen molar-refractivity contribution in [2.75, 3.05) is 0 Å². The molecule has 3 aromatic rings. The maximum absolute atomic E-state index is 12.0. The minimum atomic E-state index is -0.512. The molecule has 0 saturated carbocycles. The van der Waals surface area contributed by atoms with E-state index in [2.05, 4.69) is 5.10 Å². The first-order chi connectivity index (χ1) is 12.0. The van der Waals surface area contributed by atoms with Crippen LogP contribution >= 0.6 is 11.6 Å². The number of allylic oxidation sites excluding steroid dienone is 1. The molecule has 0 aliphatic rings. The minimum Gasteiger partial charge on any atom is -0.460 e. The number of hydrogen-bond acceptors (Lipinski definition) is 5. The van der Waals surface area contributed by atoms with Crippen LogP contribution in [0.5, 0.6) is 0 Å². The molecule has 2 heterocycles. The van der Waals surface area contributed by atoms with Gasteiger partial charge in [-0.25, -0.2) is 0 Å². The first-order valence-corrected chi connectivity index (χ1v) is 7.62. The summed E-state index contributed by atoms with van der Waals surface area (Å²) in [7, 11) is 0. The Kier molecular flexibility index (Phi) is 4.76. The summed E-state index contributed by atoms with van der Waals surface area (Å²) in [4.78, 5) is 22.2. The summed E-state index contributed by atoms with van der Waals surface area (Å²) in [5.41, 5.74) is 0.441. The summed E-state index contributed by atoms with van der Waals surface area (Å²) in [6, 6.07) is 10.0. The number of aromatic nitrogens is 2. The van der Waals surface area contributed by atoms with Crippen molar-refractivity contribution in [1.82, 2.24) is 9.78 Å². The number of carbonyl (C=O) groups is 1. The Hall–Kier alpha value is -3.19. The van der Waals surface area contributed by atoms with Gasteiger partial charge in [0.2, 0.25) is 0 Å². The number of ketones is 1. The average Bonchev–Trinajstić information content (AvgIpc) is 3.23. The van der Waals surface area contributed by atoms with Crippen LogP contribution in [0.2, 0.25) is 5.02 Å². The zero-order chi connectivity index (χ0) is 17.8. The van der Waals surface area contributed by atoms with Crippen LogP contribution in [0.25, 0.3) is 6.08 Å². The summed E-state index contributed by atoms with van der Waals surface area (Å²) >= 11 is 5.79. The molecule has 0 N–H and O–H groups in total. The molecule has 7 nitrogen and oxygen atoms in total. The van der Waals surface area contributed by atoms with Crippen LogP contribution in [0.3, 0.4) is 0 Å². The number of benzene rings is 1. The molecule has 0 bridgehead atoms. The largest absolute Gasteiger partial charge is 0.460 e. The second-order valence-electron chi connectivity index (χ2n) is 5.16. The number of carbonyl (C=O) groups excluding carboxylic acids is 1. The number of furan rings is 1. The van der Waals surface area contributed by atoms with Gasteiger partial charge in [-0.05, 0) is 48.6 Å². The van der Waals surface area contributed by atoms with E-state index < -0.39 is 4.92 Å². The van der Waals surface area contributed by atoms with Gasteiger partial charge >= 0.3 is 5.69 Å². The van der Waals surface area contributed by atoms with Crippen molar-refractivity contribution in [3.05, 3.63) is 87.1 Å². The monoisotopic (exact) mass is 357 g/mol. The van der Waals surface area contributed by atoms with Crippen molar-refractivity contribution >= 4 is 29.1 Å². The fourth-order valence-electron chi connectivity index (χ4n) is 2.13. The third-order valence-corrected chi connectivity index (χ3v) is 3.61. The van der Waals surface area contributed by atoms with Gasteiger partial charge in [-0.3, -0.25) is 19.6 Å². The molecular formula is C17H12ClN3O4. The molecule has 8 heteroatoms. The summed E-state index contributed by atoms with van der Waals surface area (Å²) in [6.45, 7) is 0.257. The molecular weight excluding hydrogens is 346 g/mol. The van der Waals surface area contributed by atoms with Gasteiger partial charge in [0.05, 0.1) is 11.5 Å². The van der Waals surface area contributed by atoms with Gasteiger partial charge in [0.15, 0.2) is 5.78 Å². The lowest BCUT2D eigenvalue weighted by molar-refractivity contribution is -0.385. The minimum absolute atomic E-state index is 0.0831. The molecule has 0 fully saturated rings. The summed E-state index contributed by atoms with van der Waals surface area (Å²) < 4.78 is 6.98. The van der Waals surface area contributed by atoms with Crippen LogP contribution in [0.4, 0.5) is 5.69 Å². The van der Waals surface area contributed by atoms with Gasteiger partial charge in [-0.2, -0.15) is 5.10 Å². The third-order valence-electron chi connectivity index (χ3n) is 3.36. The standard InChI is InChI=1S/C17H12ClN3O4/c18-13-3-1-12(2-4-13)17(22)8-7-15-5-6-16(25-15)11-20-10-14(9-19-20)21(23)24/h1-10H,11H2/b8-7+. The van der Waals surface area contributed by atoms with E-state index in [1.165, 1.54) is 23.2 Å². The Morgan fingerprint density at radius 3 is 2.72 bits per heavy atom. The zero-order valence-electron chi connectivity index (χ0n) is 12.8. The molecule has 126 valence electrons. The maximum atomic E-state index is 12.0. The first-order valence-electron chi connectivity index (χ1n) is 7.25. The first kappa shape index (κ1) is 16.7. The van der Waals surface area contributed by atoms with E-state index in [0.717, 1.165) is 0 Å². The van der Waals surface area contributed by atoms with E-state index in [1.54, 1.807) is 42.5 Å². The molecule has 2 aromatic heterocycles. The number of nitrogens with zero attached hydrogens (tertiary/aromatic N) is 3. The molecule has 0 aliphatic carbocycles. The van der Waals surface area contributed by atoms with Crippen molar-refractivity contribution in [1.29, 1.82) is 0 Å². The molecule has 25 heavy (non-hydrogen) atoms. The van der Waals surface area contributed by atoms with Crippen LogP contribution in [0.1, 0.15) is 21.9 Å². The summed E-state index contributed by atoms with van der Waals surface area (Å²) in [5.74, 6) is 0.896. The van der Waals surface area contributed by atoms with Gasteiger partial charge in [0.25, 0.3) is 0 Å². The van der Waals surface area contributed by atoms with Crippen LogP contribution in [-0.4, -0.2) is 20.5 Å². The van der Waals surface area contributed by atoms with Crippen LogP contribution < -0.4 is 0 Å². The number of halogens is 1. The smallest absolute Gasteiger partial charge is 0.307 e. The molecule has 3 rings (SSSR count). The highest BCUT2D eigenvalue weighted by Gasteiger charge is 2.10. The van der Waals surface area contributed by atoms with E-state index >= 15 is 0 Å². The number of nitro groups is 1. The highest BCUT2D eigenvalue weighted by atomic mass is 35.5. The molecule has 0 atom stereocenters. The van der Waals surface area contributed by atoms with E-state index in [-0.39, 0.29) is 18.0 Å². The lowest BCUT2D eigenvalue weighted by atomic mass is 10.1. The van der Waals surface area contributed by atoms with Gasteiger partial charge in [0.1, 0.15) is 23.9 Å². The Morgan fingerprint density at radius 1 is 1.28 bits per heavy atom. The summed E-state index contributed by atoms with van der Waals surface area (Å²) in [6.07, 6.45) is 5.47. The van der Waals surface area contributed by atoms with Gasteiger partial charge in [-0.15, -0.1) is 0 Å². The second kappa shape index (κ2) is 7.14. The van der Waals surface area contributed by atoms with E-state index in [1.807, 2.05) is 0 Å². The topological polar surface area (TPSA) is 91.2 Å². The number of rotatable bonds is 6. The molecule has 0 amide bonds. The maximum Gasteiger partial charge on any atom is 0.307 e. The molecule has 1 aromatic carbocycles. The molecule has 0 saturated heterocycles. The van der Waals surface area contributed by atoms with Crippen molar-refractivity contribution in [2.24, 2.45) is 0 Å². The van der Waals surface area contributed by atoms with E-state index in [0.29, 0.717) is 22.1 Å². The van der Waals surface area contributed by atoms with Gasteiger partial charge < -0.3 is 4.42 Å². The quantitative estimate of drug-likeness (QED) is 0.288. The molecule has 0 spiro atoms. The normalized spacial score (nSPS) is 11.1. The van der Waals surface area contributed by atoms with E-state index in [4.69, 9.17) is 16.0 Å². The lowest BCUT2D eigenvalue weighted by Crippen LogP contribution is -1.98. The fraction of sp³-hybridized carbons (Fsp3) is 0.0588. The van der Waals surface area contributed by atoms with Crippen molar-refractivity contribution in [3.8, 4) is 0 Å². The molecule has 0 aliphatic heterocycles. The van der Waals surface area contributed by atoms with Crippen LogP contribution in [0, 0.1) is 10.1 Å². The Balaban J connectivity index is 1.65. The zero-order valence-corrected chi connectivity index (χ0v) is 13.6. The second-order valence-corrected chi connectivity index (χ2v) is 5.60. The van der Waals surface area contributed by atoms with Crippen molar-refractivity contribution < 1.29 is 14.1 Å². The van der Waals surface area contributed by atoms with Crippen LogP contribution in [-0.2, 0) is 6.54 Å². The third kappa shape index (κ3) is 4.21. The van der Waals surface area contributed by atoms with Crippen molar-refractivity contribution in [3.63, 3.8) is 0 Å². The number of hydrogen-bond donors (Lipinski definition) is 0. The fourth-order valence-corrected chi connectivity index (χ4v) is 2.26. The predicted octanol–water partition coefficient (Wildman–Crippen LogP) is 3.98. The van der Waals surface area contributed by atoms with Crippen molar-refractivity contribution in [2.45, 2.75) is 6.54 Å². The Morgan fingerprint density at radius 2 is 2.04 bits per heavy atom. The van der Waals surface area contributed by atoms with Gasteiger partial charge in [-0.1, -0.05) is 11.6 Å². The predicted molar refractivity (Wildman–Crippen MR) is 91.5 cm³/mol.